The number of ether oxygens (including phenoxy) is 2. The summed E-state index contributed by atoms with van der Waals surface area (Å²) < 4.78 is 9.95. The normalized spacial score (nSPS) is 10.0. The van der Waals surface area contributed by atoms with E-state index in [1.165, 1.54) is 13.3 Å². The molecule has 1 N–H and O–H groups in total. The van der Waals surface area contributed by atoms with Gasteiger partial charge in [0.25, 0.3) is 0 Å². The zero-order valence-electron chi connectivity index (χ0n) is 12.3. The molecule has 2 aromatic rings. The number of nitrogens with one attached hydrogen (secondary N) is 1. The first-order valence-electron chi connectivity index (χ1n) is 6.56. The maximum Gasteiger partial charge on any atom is 0.339 e. The molecule has 0 atom stereocenters. The van der Waals surface area contributed by atoms with Gasteiger partial charge < -0.3 is 14.8 Å². The van der Waals surface area contributed by atoms with Crippen LogP contribution in [-0.2, 0) is 11.3 Å². The lowest BCUT2D eigenvalue weighted by molar-refractivity contribution is 0.0600. The quantitative estimate of drug-likeness (QED) is 0.856. The molecule has 0 radical (unpaired) electrons. The third-order valence-corrected chi connectivity index (χ3v) is 3.06. The van der Waals surface area contributed by atoms with Crippen LogP contribution >= 0.6 is 0 Å². The molecule has 1 heterocycles. The smallest absolute Gasteiger partial charge is 0.339 e. The summed E-state index contributed by atoms with van der Waals surface area (Å²) in [5, 5.41) is 3.28. The molecule has 110 valence electrons. The van der Waals surface area contributed by atoms with E-state index in [9.17, 15) is 4.79 Å². The first kappa shape index (κ1) is 14.8. The minimum Gasteiger partial charge on any atom is -0.495 e. The van der Waals surface area contributed by atoms with Crippen LogP contribution in [-0.4, -0.2) is 25.2 Å². The van der Waals surface area contributed by atoms with Crippen LogP contribution in [0.4, 0.5) is 5.69 Å². The molecule has 0 fully saturated rings. The van der Waals surface area contributed by atoms with Crippen molar-refractivity contribution in [2.45, 2.75) is 13.5 Å². The molecule has 0 amide bonds. The van der Waals surface area contributed by atoms with Gasteiger partial charge in [-0.15, -0.1) is 0 Å². The maximum absolute atomic E-state index is 11.3. The molecule has 0 spiro atoms. The van der Waals surface area contributed by atoms with E-state index < -0.39 is 0 Å². The van der Waals surface area contributed by atoms with Crippen molar-refractivity contribution in [2.75, 3.05) is 19.5 Å². The lowest BCUT2D eigenvalue weighted by Gasteiger charge is -2.11. The van der Waals surface area contributed by atoms with Crippen LogP contribution in [0.25, 0.3) is 0 Å². The van der Waals surface area contributed by atoms with Crippen molar-refractivity contribution >= 4 is 11.7 Å². The van der Waals surface area contributed by atoms with E-state index in [0.29, 0.717) is 12.1 Å². The molecule has 0 aliphatic carbocycles. The van der Waals surface area contributed by atoms with Gasteiger partial charge >= 0.3 is 5.97 Å². The maximum atomic E-state index is 11.3. The molecular weight excluding hydrogens is 268 g/mol. The molecule has 1 aromatic heterocycles. The summed E-state index contributed by atoms with van der Waals surface area (Å²) in [5.41, 5.74) is 3.32. The first-order valence-corrected chi connectivity index (χ1v) is 6.56. The lowest BCUT2D eigenvalue weighted by atomic mass is 10.2. The number of pyridine rings is 1. The summed E-state index contributed by atoms with van der Waals surface area (Å²) in [4.78, 5) is 15.6. The second-order valence-corrected chi connectivity index (χ2v) is 4.59. The van der Waals surface area contributed by atoms with Gasteiger partial charge in [-0.05, 0) is 36.8 Å². The van der Waals surface area contributed by atoms with Gasteiger partial charge in [0.1, 0.15) is 5.75 Å². The summed E-state index contributed by atoms with van der Waals surface area (Å²) in [6.45, 7) is 2.56. The van der Waals surface area contributed by atoms with Crippen molar-refractivity contribution in [3.05, 3.63) is 53.3 Å². The Kier molecular flexibility index (Phi) is 4.77. The second-order valence-electron chi connectivity index (χ2n) is 4.59. The summed E-state index contributed by atoms with van der Waals surface area (Å²) in [6.07, 6.45) is 1.51. The summed E-state index contributed by atoms with van der Waals surface area (Å²) in [6, 6.07) is 9.42. The van der Waals surface area contributed by atoms with Crippen LogP contribution in [0.1, 0.15) is 21.6 Å². The number of anilines is 1. The number of aromatic nitrogens is 1. The van der Waals surface area contributed by atoms with E-state index in [1.807, 2.05) is 25.1 Å². The standard InChI is InChI=1S/C16H18N2O3/c1-11-4-7-15(20-2)14(8-11)18-10-13-6-5-12(9-17-13)16(19)21-3/h4-9,18H,10H2,1-3H3. The van der Waals surface area contributed by atoms with E-state index >= 15 is 0 Å². The Morgan fingerprint density at radius 3 is 2.67 bits per heavy atom. The fourth-order valence-corrected chi connectivity index (χ4v) is 1.91. The number of esters is 1. The molecule has 21 heavy (non-hydrogen) atoms. The monoisotopic (exact) mass is 286 g/mol. The van der Waals surface area contributed by atoms with E-state index in [4.69, 9.17) is 4.74 Å². The lowest BCUT2D eigenvalue weighted by Crippen LogP contribution is -2.06. The molecule has 5 heteroatoms. The Bertz CT molecular complexity index is 624. The van der Waals surface area contributed by atoms with Crippen molar-refractivity contribution in [1.29, 1.82) is 0 Å². The summed E-state index contributed by atoms with van der Waals surface area (Å²) in [5.74, 6) is 0.397. The highest BCUT2D eigenvalue weighted by atomic mass is 16.5. The number of aryl methyl sites for hydroxylation is 1. The van der Waals surface area contributed by atoms with E-state index in [1.54, 1.807) is 19.2 Å². The van der Waals surface area contributed by atoms with Gasteiger partial charge in [-0.2, -0.15) is 0 Å². The number of carbonyl (C=O) groups excluding carboxylic acids is 1. The minimum absolute atomic E-state index is 0.387. The Hall–Kier alpha value is -2.56. The van der Waals surface area contributed by atoms with Crippen LogP contribution in [0.15, 0.2) is 36.5 Å². The van der Waals surface area contributed by atoms with Crippen molar-refractivity contribution in [1.82, 2.24) is 4.98 Å². The van der Waals surface area contributed by atoms with Gasteiger partial charge in [-0.1, -0.05) is 6.07 Å². The third-order valence-electron chi connectivity index (χ3n) is 3.06. The molecule has 1 aromatic carbocycles. The summed E-state index contributed by atoms with van der Waals surface area (Å²) >= 11 is 0. The molecule has 0 aliphatic rings. The highest BCUT2D eigenvalue weighted by molar-refractivity contribution is 5.88. The van der Waals surface area contributed by atoms with E-state index in [2.05, 4.69) is 15.0 Å². The number of rotatable bonds is 5. The number of methoxy groups -OCH3 is 2. The van der Waals surface area contributed by atoms with Crippen molar-refractivity contribution in [2.24, 2.45) is 0 Å². The SMILES string of the molecule is COC(=O)c1ccc(CNc2cc(C)ccc2OC)nc1. The predicted octanol–water partition coefficient (Wildman–Crippen LogP) is 2.80. The van der Waals surface area contributed by atoms with Gasteiger partial charge in [-0.25, -0.2) is 4.79 Å². The minimum atomic E-state index is -0.387. The molecule has 0 saturated heterocycles. The molecule has 0 unspecified atom stereocenters. The second kappa shape index (κ2) is 6.74. The number of nitrogens with zero attached hydrogens (tertiary/aromatic N) is 1. The van der Waals surface area contributed by atoms with Gasteiger partial charge in [-0.3, -0.25) is 4.98 Å². The predicted molar refractivity (Wildman–Crippen MR) is 80.6 cm³/mol. The Morgan fingerprint density at radius 1 is 1.24 bits per heavy atom. The Balaban J connectivity index is 2.06. The molecule has 0 saturated carbocycles. The van der Waals surface area contributed by atoms with Crippen molar-refractivity contribution in [3.63, 3.8) is 0 Å². The van der Waals surface area contributed by atoms with Crippen molar-refractivity contribution < 1.29 is 14.3 Å². The largest absolute Gasteiger partial charge is 0.495 e. The average Bonchev–Trinajstić information content (AvgIpc) is 2.52. The van der Waals surface area contributed by atoms with E-state index in [-0.39, 0.29) is 5.97 Å². The zero-order chi connectivity index (χ0) is 15.2. The topological polar surface area (TPSA) is 60.5 Å². The molecular formula is C16H18N2O3. The highest BCUT2D eigenvalue weighted by Gasteiger charge is 2.06. The van der Waals surface area contributed by atoms with Gasteiger partial charge in [0.05, 0.1) is 37.7 Å². The zero-order valence-corrected chi connectivity index (χ0v) is 12.3. The molecule has 2 rings (SSSR count). The Labute approximate surface area is 123 Å². The van der Waals surface area contributed by atoms with E-state index in [0.717, 1.165) is 22.7 Å². The van der Waals surface area contributed by atoms with Crippen LogP contribution in [0.2, 0.25) is 0 Å². The van der Waals surface area contributed by atoms with Gasteiger partial charge in [0.15, 0.2) is 0 Å². The van der Waals surface area contributed by atoms with Gasteiger partial charge in [0, 0.05) is 6.20 Å². The van der Waals surface area contributed by atoms with Crippen LogP contribution in [0.3, 0.4) is 0 Å². The fourth-order valence-electron chi connectivity index (χ4n) is 1.91. The Morgan fingerprint density at radius 2 is 2.05 bits per heavy atom. The van der Waals surface area contributed by atoms with Crippen LogP contribution in [0.5, 0.6) is 5.75 Å². The summed E-state index contributed by atoms with van der Waals surface area (Å²) in [7, 11) is 2.99. The van der Waals surface area contributed by atoms with Gasteiger partial charge in [0.2, 0.25) is 0 Å². The number of carbonyl (C=O) groups is 1. The number of hydrogen-bond donors (Lipinski definition) is 1. The van der Waals surface area contributed by atoms with Crippen LogP contribution in [0, 0.1) is 6.92 Å². The average molecular weight is 286 g/mol. The third kappa shape index (κ3) is 3.72. The highest BCUT2D eigenvalue weighted by Crippen LogP contribution is 2.25. The number of hydrogen-bond acceptors (Lipinski definition) is 5. The fraction of sp³-hybridized carbons (Fsp3) is 0.250. The molecule has 0 bridgehead atoms. The molecule has 5 nitrogen and oxygen atoms in total. The molecule has 0 aliphatic heterocycles. The van der Waals surface area contributed by atoms with Crippen LogP contribution < -0.4 is 10.1 Å². The van der Waals surface area contributed by atoms with Crippen molar-refractivity contribution in [3.8, 4) is 5.75 Å². The number of benzene rings is 1. The first-order chi connectivity index (χ1) is 10.1.